The fourth-order valence-corrected chi connectivity index (χ4v) is 3.77. The summed E-state index contributed by atoms with van der Waals surface area (Å²) in [5.74, 6) is 1.16. The SMILES string of the molecule is CC(C)CNc1nc(-c2ccccc2N)cn2c(-c3ccc(C(=O)NC4CC4)cc3)cnc12. The van der Waals surface area contributed by atoms with Crippen LogP contribution in [0.1, 0.15) is 37.0 Å². The van der Waals surface area contributed by atoms with E-state index in [9.17, 15) is 4.79 Å². The highest BCUT2D eigenvalue weighted by molar-refractivity contribution is 5.95. The Morgan fingerprint density at radius 3 is 2.61 bits per heavy atom. The number of imidazole rings is 1. The smallest absolute Gasteiger partial charge is 0.251 e. The van der Waals surface area contributed by atoms with Gasteiger partial charge in [0.1, 0.15) is 0 Å². The van der Waals surface area contributed by atoms with Crippen LogP contribution in [0.25, 0.3) is 28.2 Å². The van der Waals surface area contributed by atoms with E-state index in [0.29, 0.717) is 23.2 Å². The first-order valence-corrected chi connectivity index (χ1v) is 11.4. The summed E-state index contributed by atoms with van der Waals surface area (Å²) in [5.41, 5.74) is 11.9. The molecule has 4 N–H and O–H groups in total. The Kier molecular flexibility index (Phi) is 5.46. The lowest BCUT2D eigenvalue weighted by Crippen LogP contribution is -2.25. The second-order valence-electron chi connectivity index (χ2n) is 9.00. The first-order valence-electron chi connectivity index (χ1n) is 11.4. The number of nitrogens with two attached hydrogens (primary N) is 1. The first-order chi connectivity index (χ1) is 16.0. The zero-order valence-corrected chi connectivity index (χ0v) is 18.9. The van der Waals surface area contributed by atoms with E-state index in [-0.39, 0.29) is 5.91 Å². The number of rotatable bonds is 7. The van der Waals surface area contributed by atoms with Crippen LogP contribution in [0.5, 0.6) is 0 Å². The number of nitrogens with zero attached hydrogens (tertiary/aromatic N) is 3. The highest BCUT2D eigenvalue weighted by atomic mass is 16.1. The fraction of sp³-hybridized carbons (Fsp3) is 0.269. The number of anilines is 2. The van der Waals surface area contributed by atoms with E-state index in [1.165, 1.54) is 0 Å². The topological polar surface area (TPSA) is 97.3 Å². The van der Waals surface area contributed by atoms with Crippen LogP contribution in [-0.2, 0) is 0 Å². The van der Waals surface area contributed by atoms with Crippen molar-refractivity contribution >= 4 is 23.1 Å². The number of nitrogen functional groups attached to an aromatic ring is 1. The van der Waals surface area contributed by atoms with Crippen molar-refractivity contribution in [1.82, 2.24) is 19.7 Å². The Labute approximate surface area is 193 Å². The van der Waals surface area contributed by atoms with Crippen LogP contribution in [0.15, 0.2) is 60.9 Å². The van der Waals surface area contributed by atoms with E-state index in [1.807, 2.05) is 65.3 Å². The van der Waals surface area contributed by atoms with Crippen molar-refractivity contribution in [2.24, 2.45) is 5.92 Å². The summed E-state index contributed by atoms with van der Waals surface area (Å²) >= 11 is 0. The van der Waals surface area contributed by atoms with Crippen LogP contribution in [-0.4, -0.2) is 32.9 Å². The maximum atomic E-state index is 12.4. The molecule has 33 heavy (non-hydrogen) atoms. The molecule has 0 unspecified atom stereocenters. The van der Waals surface area contributed by atoms with Crippen LogP contribution in [0.4, 0.5) is 11.5 Å². The van der Waals surface area contributed by atoms with Crippen molar-refractivity contribution in [1.29, 1.82) is 0 Å². The summed E-state index contributed by atoms with van der Waals surface area (Å²) in [7, 11) is 0. The minimum atomic E-state index is -0.0200. The lowest BCUT2D eigenvalue weighted by atomic mass is 10.1. The van der Waals surface area contributed by atoms with Gasteiger partial charge in [0.05, 0.1) is 17.6 Å². The number of amides is 1. The van der Waals surface area contributed by atoms with Crippen molar-refractivity contribution < 1.29 is 4.79 Å². The lowest BCUT2D eigenvalue weighted by Gasteiger charge is -2.13. The van der Waals surface area contributed by atoms with Crippen molar-refractivity contribution in [3.63, 3.8) is 0 Å². The Hall–Kier alpha value is -3.87. The number of carbonyl (C=O) groups excluding carboxylic acids is 1. The molecule has 0 atom stereocenters. The third kappa shape index (κ3) is 4.39. The summed E-state index contributed by atoms with van der Waals surface area (Å²) in [6.45, 7) is 5.09. The molecule has 2 aromatic heterocycles. The average molecular weight is 441 g/mol. The van der Waals surface area contributed by atoms with E-state index < -0.39 is 0 Å². The van der Waals surface area contributed by atoms with Gasteiger partial charge in [0, 0.05) is 41.2 Å². The molecule has 0 spiro atoms. The summed E-state index contributed by atoms with van der Waals surface area (Å²) in [5, 5.41) is 6.47. The molecule has 1 fully saturated rings. The molecular weight excluding hydrogens is 412 g/mol. The first kappa shape index (κ1) is 21.0. The zero-order chi connectivity index (χ0) is 22.9. The molecule has 1 amide bonds. The maximum Gasteiger partial charge on any atom is 0.251 e. The Bertz CT molecular complexity index is 1300. The number of benzene rings is 2. The highest BCUT2D eigenvalue weighted by Gasteiger charge is 2.23. The molecule has 168 valence electrons. The average Bonchev–Trinajstić information content (AvgIpc) is 3.53. The molecule has 5 rings (SSSR count). The van der Waals surface area contributed by atoms with Gasteiger partial charge in [-0.25, -0.2) is 9.97 Å². The number of para-hydroxylation sites is 1. The minimum Gasteiger partial charge on any atom is -0.398 e. The van der Waals surface area contributed by atoms with Crippen molar-refractivity contribution in [2.45, 2.75) is 32.7 Å². The summed E-state index contributed by atoms with van der Waals surface area (Å²) in [6.07, 6.45) is 5.95. The van der Waals surface area contributed by atoms with Gasteiger partial charge >= 0.3 is 0 Å². The predicted molar refractivity (Wildman–Crippen MR) is 132 cm³/mol. The summed E-state index contributed by atoms with van der Waals surface area (Å²) < 4.78 is 2.04. The van der Waals surface area contributed by atoms with Gasteiger partial charge in [-0.1, -0.05) is 44.2 Å². The second-order valence-corrected chi connectivity index (χ2v) is 9.00. The molecule has 1 saturated carbocycles. The fourth-order valence-electron chi connectivity index (χ4n) is 3.77. The van der Waals surface area contributed by atoms with Crippen LogP contribution in [0, 0.1) is 5.92 Å². The molecule has 4 aromatic rings. The Morgan fingerprint density at radius 1 is 1.15 bits per heavy atom. The van der Waals surface area contributed by atoms with Gasteiger partial charge in [-0.2, -0.15) is 0 Å². The largest absolute Gasteiger partial charge is 0.398 e. The van der Waals surface area contributed by atoms with E-state index in [0.717, 1.165) is 53.4 Å². The predicted octanol–water partition coefficient (Wildman–Crippen LogP) is 4.61. The van der Waals surface area contributed by atoms with Crippen LogP contribution < -0.4 is 16.4 Å². The number of aromatic nitrogens is 3. The van der Waals surface area contributed by atoms with Gasteiger partial charge in [-0.3, -0.25) is 9.20 Å². The monoisotopic (exact) mass is 440 g/mol. The molecule has 1 aliphatic rings. The van der Waals surface area contributed by atoms with Crippen molar-refractivity contribution in [3.05, 3.63) is 66.5 Å². The molecule has 7 heteroatoms. The quantitative estimate of drug-likeness (QED) is 0.365. The molecule has 0 saturated heterocycles. The van der Waals surface area contributed by atoms with E-state index in [4.69, 9.17) is 10.7 Å². The van der Waals surface area contributed by atoms with E-state index in [1.54, 1.807) is 0 Å². The molecule has 2 heterocycles. The normalized spacial score (nSPS) is 13.4. The van der Waals surface area contributed by atoms with Gasteiger partial charge in [0.25, 0.3) is 5.91 Å². The van der Waals surface area contributed by atoms with Crippen molar-refractivity contribution in [3.8, 4) is 22.5 Å². The van der Waals surface area contributed by atoms with Crippen molar-refractivity contribution in [2.75, 3.05) is 17.6 Å². The summed E-state index contributed by atoms with van der Waals surface area (Å²) in [4.78, 5) is 21.9. The lowest BCUT2D eigenvalue weighted by molar-refractivity contribution is 0.0951. The number of hydrogen-bond acceptors (Lipinski definition) is 5. The van der Waals surface area contributed by atoms with Crippen LogP contribution >= 0.6 is 0 Å². The van der Waals surface area contributed by atoms with Gasteiger partial charge in [0.2, 0.25) is 0 Å². The van der Waals surface area contributed by atoms with Gasteiger partial charge in [-0.05, 0) is 37.0 Å². The molecule has 0 aliphatic heterocycles. The zero-order valence-electron chi connectivity index (χ0n) is 18.9. The van der Waals surface area contributed by atoms with Crippen LogP contribution in [0.2, 0.25) is 0 Å². The maximum absolute atomic E-state index is 12.4. The second kappa shape index (κ2) is 8.58. The van der Waals surface area contributed by atoms with E-state index in [2.05, 4.69) is 29.5 Å². The number of fused-ring (bicyclic) bond motifs is 1. The summed E-state index contributed by atoms with van der Waals surface area (Å²) in [6, 6.07) is 15.7. The number of carbonyl (C=O) groups is 1. The molecule has 2 aromatic carbocycles. The van der Waals surface area contributed by atoms with E-state index >= 15 is 0 Å². The number of nitrogens with one attached hydrogen (secondary N) is 2. The minimum absolute atomic E-state index is 0.0200. The molecular formula is C26H28N6O. The molecule has 7 nitrogen and oxygen atoms in total. The van der Waals surface area contributed by atoms with Gasteiger partial charge in [0.15, 0.2) is 11.5 Å². The molecule has 0 radical (unpaired) electrons. The Morgan fingerprint density at radius 2 is 1.91 bits per heavy atom. The Balaban J connectivity index is 1.56. The van der Waals surface area contributed by atoms with Gasteiger partial charge < -0.3 is 16.4 Å². The standard InChI is InChI=1S/C26H28N6O/c1-16(2)13-28-24-25-29-14-23(17-7-9-18(10-8-17)26(33)30-19-11-12-19)32(25)15-22(31-24)20-5-3-4-6-21(20)27/h3-10,14-16,19H,11-13,27H2,1-2H3,(H,28,31)(H,30,33). The number of hydrogen-bond donors (Lipinski definition) is 3. The molecule has 1 aliphatic carbocycles. The van der Waals surface area contributed by atoms with Crippen LogP contribution in [0.3, 0.4) is 0 Å². The molecule has 0 bridgehead atoms. The third-order valence-corrected chi connectivity index (χ3v) is 5.76. The van der Waals surface area contributed by atoms with Gasteiger partial charge in [-0.15, -0.1) is 0 Å². The highest BCUT2D eigenvalue weighted by Crippen LogP contribution is 2.30. The third-order valence-electron chi connectivity index (χ3n) is 5.76.